The van der Waals surface area contributed by atoms with Crippen LogP contribution in [0.5, 0.6) is 0 Å². The molecule has 0 radical (unpaired) electrons. The van der Waals surface area contributed by atoms with Crippen molar-refractivity contribution in [1.82, 2.24) is 4.90 Å². The molecule has 0 atom stereocenters. The number of hydrogen-bond donors (Lipinski definition) is 0. The zero-order valence-corrected chi connectivity index (χ0v) is 11.7. The fraction of sp³-hybridized carbons (Fsp3) is 0.500. The summed E-state index contributed by atoms with van der Waals surface area (Å²) in [6.45, 7) is 14.1. The van der Waals surface area contributed by atoms with E-state index in [9.17, 15) is 0 Å². The highest BCUT2D eigenvalue weighted by molar-refractivity contribution is 5.31. The van der Waals surface area contributed by atoms with Gasteiger partial charge in [-0.3, -0.25) is 0 Å². The van der Waals surface area contributed by atoms with E-state index in [2.05, 4.69) is 32.0 Å². The molecule has 1 heteroatoms. The molecule has 0 bridgehead atoms. The van der Waals surface area contributed by atoms with Crippen LogP contribution < -0.4 is 0 Å². The lowest BCUT2D eigenvalue weighted by atomic mass is 10.00. The van der Waals surface area contributed by atoms with Crippen molar-refractivity contribution in [3.8, 4) is 0 Å². The van der Waals surface area contributed by atoms with Crippen LogP contribution in [0, 0.1) is 5.92 Å². The van der Waals surface area contributed by atoms with E-state index in [0.717, 1.165) is 11.5 Å². The first kappa shape index (κ1) is 15.9. The molecule has 1 aliphatic heterocycles. The number of nitrogens with zero attached hydrogens (tertiary/aromatic N) is 1. The van der Waals surface area contributed by atoms with Crippen molar-refractivity contribution in [2.75, 3.05) is 20.1 Å². The Morgan fingerprint density at radius 2 is 1.82 bits per heavy atom. The summed E-state index contributed by atoms with van der Waals surface area (Å²) in [6.07, 6.45) is 12.2. The monoisotopic (exact) mass is 233 g/mol. The van der Waals surface area contributed by atoms with Crippen molar-refractivity contribution in [1.29, 1.82) is 0 Å². The lowest BCUT2D eigenvalue weighted by Crippen LogP contribution is -2.28. The molecule has 0 aromatic carbocycles. The minimum atomic E-state index is 0.978. The van der Waals surface area contributed by atoms with E-state index < -0.39 is 0 Å². The second-order valence-electron chi connectivity index (χ2n) is 4.59. The standard InChI is InChI=1S/C9H12.C7H15N/c1-4-7-9(6-3)8-5-2;1-7-3-5-8(2)6-4-7/h4-8H,1,3H2,2H3;7H,3-6H2,1-2H3/b8-5-,9-7-;. The topological polar surface area (TPSA) is 3.24 Å². The Hall–Kier alpha value is -1.08. The molecule has 1 rings (SSSR count). The van der Waals surface area contributed by atoms with E-state index in [1.54, 1.807) is 12.2 Å². The van der Waals surface area contributed by atoms with Crippen molar-refractivity contribution in [2.24, 2.45) is 5.92 Å². The van der Waals surface area contributed by atoms with Crippen LogP contribution in [0.4, 0.5) is 0 Å². The second kappa shape index (κ2) is 10.1. The third-order valence-corrected chi connectivity index (χ3v) is 2.91. The van der Waals surface area contributed by atoms with Crippen LogP contribution in [0.2, 0.25) is 0 Å². The van der Waals surface area contributed by atoms with E-state index in [1.165, 1.54) is 25.9 Å². The average Bonchev–Trinajstić information content (AvgIpc) is 2.33. The summed E-state index contributed by atoms with van der Waals surface area (Å²) in [7, 11) is 2.20. The fourth-order valence-electron chi connectivity index (χ4n) is 1.66. The molecule has 0 saturated carbocycles. The number of allylic oxidation sites excluding steroid dienone is 6. The number of hydrogen-bond acceptors (Lipinski definition) is 1. The maximum atomic E-state index is 3.63. The lowest BCUT2D eigenvalue weighted by molar-refractivity contribution is 0.230. The van der Waals surface area contributed by atoms with Crippen LogP contribution in [-0.4, -0.2) is 25.0 Å². The van der Waals surface area contributed by atoms with Crippen molar-refractivity contribution >= 4 is 0 Å². The Morgan fingerprint density at radius 1 is 1.24 bits per heavy atom. The molecule has 0 N–H and O–H groups in total. The van der Waals surface area contributed by atoms with Crippen LogP contribution in [0.3, 0.4) is 0 Å². The van der Waals surface area contributed by atoms with E-state index in [-0.39, 0.29) is 0 Å². The summed E-state index contributed by atoms with van der Waals surface area (Å²) in [5.74, 6) is 0.978. The van der Waals surface area contributed by atoms with Gasteiger partial charge in [0.05, 0.1) is 0 Å². The van der Waals surface area contributed by atoms with Gasteiger partial charge in [0, 0.05) is 0 Å². The van der Waals surface area contributed by atoms with Crippen molar-refractivity contribution in [2.45, 2.75) is 26.7 Å². The quantitative estimate of drug-likeness (QED) is 0.660. The maximum Gasteiger partial charge on any atom is -0.00192 e. The zero-order chi connectivity index (χ0) is 13.1. The Labute approximate surface area is 107 Å². The molecule has 17 heavy (non-hydrogen) atoms. The smallest absolute Gasteiger partial charge is 0.00192 e. The summed E-state index contributed by atoms with van der Waals surface area (Å²) < 4.78 is 0. The molecule has 1 nitrogen and oxygen atoms in total. The number of piperidine rings is 1. The normalized spacial score (nSPS) is 18.6. The van der Waals surface area contributed by atoms with Crippen molar-refractivity contribution in [3.63, 3.8) is 0 Å². The number of rotatable bonds is 3. The van der Waals surface area contributed by atoms with Crippen LogP contribution >= 0.6 is 0 Å². The highest BCUT2D eigenvalue weighted by Crippen LogP contribution is 2.13. The largest absolute Gasteiger partial charge is 0.306 e. The summed E-state index contributed by atoms with van der Waals surface area (Å²) in [6, 6.07) is 0. The Morgan fingerprint density at radius 3 is 2.18 bits per heavy atom. The highest BCUT2D eigenvalue weighted by Gasteiger charge is 2.10. The minimum Gasteiger partial charge on any atom is -0.306 e. The van der Waals surface area contributed by atoms with E-state index >= 15 is 0 Å². The number of likely N-dealkylation sites (tertiary alicyclic amines) is 1. The predicted octanol–water partition coefficient (Wildman–Crippen LogP) is 4.21. The van der Waals surface area contributed by atoms with Gasteiger partial charge in [-0.25, -0.2) is 0 Å². The van der Waals surface area contributed by atoms with Crippen LogP contribution in [0.25, 0.3) is 0 Å². The van der Waals surface area contributed by atoms with Gasteiger partial charge in [-0.15, -0.1) is 0 Å². The molecule has 1 heterocycles. The minimum absolute atomic E-state index is 0.978. The molecule has 1 saturated heterocycles. The van der Waals surface area contributed by atoms with Gasteiger partial charge in [0.15, 0.2) is 0 Å². The van der Waals surface area contributed by atoms with Gasteiger partial charge < -0.3 is 4.90 Å². The first-order valence-electron chi connectivity index (χ1n) is 6.40. The highest BCUT2D eigenvalue weighted by atomic mass is 15.1. The Kier molecular flexibility index (Phi) is 9.46. The molecular formula is C16H27N. The predicted molar refractivity (Wildman–Crippen MR) is 79.2 cm³/mol. The van der Waals surface area contributed by atoms with Gasteiger partial charge in [-0.2, -0.15) is 0 Å². The zero-order valence-electron chi connectivity index (χ0n) is 11.7. The van der Waals surface area contributed by atoms with Crippen LogP contribution in [-0.2, 0) is 0 Å². The van der Waals surface area contributed by atoms with E-state index in [0.29, 0.717) is 0 Å². The molecule has 0 amide bonds. The first-order valence-corrected chi connectivity index (χ1v) is 6.40. The summed E-state index contributed by atoms with van der Waals surface area (Å²) in [4.78, 5) is 2.40. The molecule has 0 unspecified atom stereocenters. The van der Waals surface area contributed by atoms with Gasteiger partial charge in [0.1, 0.15) is 0 Å². The average molecular weight is 233 g/mol. The van der Waals surface area contributed by atoms with Gasteiger partial charge in [-0.1, -0.05) is 50.5 Å². The third kappa shape index (κ3) is 8.70. The van der Waals surface area contributed by atoms with Crippen LogP contribution in [0.1, 0.15) is 26.7 Å². The molecule has 96 valence electrons. The second-order valence-corrected chi connectivity index (χ2v) is 4.59. The maximum absolute atomic E-state index is 3.63. The van der Waals surface area contributed by atoms with Gasteiger partial charge in [0.2, 0.25) is 0 Å². The van der Waals surface area contributed by atoms with E-state index in [1.807, 2.05) is 25.2 Å². The fourth-order valence-corrected chi connectivity index (χ4v) is 1.66. The SMILES string of the molecule is C=C/C=C(C=C)\C=C/C.CC1CCN(C)CC1. The van der Waals surface area contributed by atoms with Crippen molar-refractivity contribution < 1.29 is 0 Å². The Balaban J connectivity index is 0.000000302. The van der Waals surface area contributed by atoms with Crippen molar-refractivity contribution in [3.05, 3.63) is 49.1 Å². The van der Waals surface area contributed by atoms with Crippen LogP contribution in [0.15, 0.2) is 49.1 Å². The summed E-state index contributed by atoms with van der Waals surface area (Å²) in [5.41, 5.74) is 1.09. The third-order valence-electron chi connectivity index (χ3n) is 2.91. The molecule has 1 fully saturated rings. The molecule has 1 aliphatic rings. The molecule has 0 spiro atoms. The lowest BCUT2D eigenvalue weighted by Gasteiger charge is -2.26. The molecule has 0 aromatic heterocycles. The van der Waals surface area contributed by atoms with Gasteiger partial charge in [0.25, 0.3) is 0 Å². The summed E-state index contributed by atoms with van der Waals surface area (Å²) in [5, 5.41) is 0. The molecule has 0 aromatic rings. The Bertz CT molecular complexity index is 255. The van der Waals surface area contributed by atoms with E-state index in [4.69, 9.17) is 0 Å². The molecular weight excluding hydrogens is 206 g/mol. The first-order chi connectivity index (χ1) is 8.13. The summed E-state index contributed by atoms with van der Waals surface area (Å²) >= 11 is 0. The molecule has 0 aliphatic carbocycles. The van der Waals surface area contributed by atoms with Gasteiger partial charge in [-0.05, 0) is 51.4 Å². The van der Waals surface area contributed by atoms with Gasteiger partial charge >= 0.3 is 0 Å².